The Labute approximate surface area is 127 Å². The number of nitrogens with one attached hydrogen (secondary N) is 1. The van der Waals surface area contributed by atoms with Crippen LogP contribution in [-0.4, -0.2) is 24.5 Å². The molecule has 1 aromatic carbocycles. The number of nitrogens with zero attached hydrogens (tertiary/aromatic N) is 1. The summed E-state index contributed by atoms with van der Waals surface area (Å²) in [6, 6.07) is 5.69. The lowest BCUT2D eigenvalue weighted by atomic mass is 9.85. The highest BCUT2D eigenvalue weighted by Crippen LogP contribution is 2.44. The molecule has 1 amide bonds. The third-order valence-electron chi connectivity index (χ3n) is 3.72. The molecule has 0 saturated heterocycles. The third kappa shape index (κ3) is 2.35. The van der Waals surface area contributed by atoms with E-state index in [1.54, 1.807) is 14.2 Å². The lowest BCUT2D eigenvalue weighted by Gasteiger charge is -2.25. The summed E-state index contributed by atoms with van der Waals surface area (Å²) in [7, 11) is 3.24. The number of ether oxygens (including phenoxy) is 2. The quantitative estimate of drug-likeness (QED) is 0.947. The van der Waals surface area contributed by atoms with Gasteiger partial charge in [0, 0.05) is 29.5 Å². The second-order valence-electron chi connectivity index (χ2n) is 4.92. The molecule has 1 aliphatic heterocycles. The molecule has 0 saturated carbocycles. The van der Waals surface area contributed by atoms with Gasteiger partial charge in [-0.05, 0) is 24.5 Å². The minimum atomic E-state index is -0.0339. The lowest BCUT2D eigenvalue weighted by molar-refractivity contribution is -0.116. The van der Waals surface area contributed by atoms with Crippen LogP contribution in [0.2, 0.25) is 0 Å². The standard InChI is InChI=1S/C15H16N2O3S/c1-8-14-11(7-13(18)16-15(14)21-17-8)10-5-4-9(19-2)6-12(10)20-3/h4-6,11H,7H2,1-3H3,(H,16,18)/t11-/m0/s1. The van der Waals surface area contributed by atoms with Crippen molar-refractivity contribution in [1.82, 2.24) is 4.37 Å². The number of carbonyl (C=O) groups is 1. The number of hydrogen-bond acceptors (Lipinski definition) is 5. The molecule has 2 heterocycles. The number of aromatic nitrogens is 1. The van der Waals surface area contributed by atoms with Gasteiger partial charge in [-0.2, -0.15) is 4.37 Å². The van der Waals surface area contributed by atoms with Crippen molar-refractivity contribution in [2.75, 3.05) is 19.5 Å². The van der Waals surface area contributed by atoms with E-state index in [1.165, 1.54) is 11.5 Å². The van der Waals surface area contributed by atoms with Crippen LogP contribution < -0.4 is 14.8 Å². The maximum Gasteiger partial charge on any atom is 0.225 e. The maximum absolute atomic E-state index is 11.9. The van der Waals surface area contributed by atoms with Gasteiger partial charge in [0.2, 0.25) is 5.91 Å². The molecule has 0 radical (unpaired) electrons. The molecule has 1 atom stereocenters. The monoisotopic (exact) mass is 304 g/mol. The number of amides is 1. The van der Waals surface area contributed by atoms with Crippen LogP contribution in [0.25, 0.3) is 0 Å². The fourth-order valence-electron chi connectivity index (χ4n) is 2.71. The van der Waals surface area contributed by atoms with E-state index in [4.69, 9.17) is 9.47 Å². The number of fused-ring (bicyclic) bond motifs is 1. The molecule has 1 aliphatic rings. The SMILES string of the molecule is COc1ccc([C@@H]2CC(=O)Nc3snc(C)c32)c(OC)c1. The zero-order valence-electron chi connectivity index (χ0n) is 12.1. The molecule has 5 nitrogen and oxygen atoms in total. The highest BCUT2D eigenvalue weighted by molar-refractivity contribution is 7.10. The number of anilines is 1. The van der Waals surface area contributed by atoms with Gasteiger partial charge in [0.05, 0.1) is 19.9 Å². The minimum absolute atomic E-state index is 0.00835. The van der Waals surface area contributed by atoms with Crippen molar-refractivity contribution in [3.05, 3.63) is 35.0 Å². The Morgan fingerprint density at radius 2 is 2.14 bits per heavy atom. The van der Waals surface area contributed by atoms with Crippen LogP contribution in [-0.2, 0) is 4.79 Å². The summed E-state index contributed by atoms with van der Waals surface area (Å²) >= 11 is 1.33. The molecule has 0 unspecified atom stereocenters. The molecular weight excluding hydrogens is 288 g/mol. The van der Waals surface area contributed by atoms with Crippen LogP contribution in [0.4, 0.5) is 5.00 Å². The smallest absolute Gasteiger partial charge is 0.225 e. The summed E-state index contributed by atoms with van der Waals surface area (Å²) in [6.45, 7) is 1.97. The van der Waals surface area contributed by atoms with Crippen molar-refractivity contribution in [3.8, 4) is 11.5 Å². The lowest BCUT2D eigenvalue weighted by Crippen LogP contribution is -2.23. The molecule has 0 aliphatic carbocycles. The second kappa shape index (κ2) is 5.37. The van der Waals surface area contributed by atoms with Crippen LogP contribution in [0, 0.1) is 6.92 Å². The second-order valence-corrected chi connectivity index (χ2v) is 5.70. The number of benzene rings is 1. The van der Waals surface area contributed by atoms with E-state index < -0.39 is 0 Å². The molecule has 0 bridgehead atoms. The van der Waals surface area contributed by atoms with Gasteiger partial charge in [-0.3, -0.25) is 4.79 Å². The van der Waals surface area contributed by atoms with Gasteiger partial charge in [0.15, 0.2) is 0 Å². The maximum atomic E-state index is 11.9. The van der Waals surface area contributed by atoms with Crippen molar-refractivity contribution in [2.24, 2.45) is 0 Å². The fraction of sp³-hybridized carbons (Fsp3) is 0.333. The molecule has 6 heteroatoms. The zero-order valence-corrected chi connectivity index (χ0v) is 12.9. The third-order valence-corrected chi connectivity index (χ3v) is 4.58. The van der Waals surface area contributed by atoms with Gasteiger partial charge in [0.1, 0.15) is 16.5 Å². The van der Waals surface area contributed by atoms with Gasteiger partial charge >= 0.3 is 0 Å². The predicted octanol–water partition coefficient (Wildman–Crippen LogP) is 2.94. The average molecular weight is 304 g/mol. The normalized spacial score (nSPS) is 17.1. The summed E-state index contributed by atoms with van der Waals surface area (Å²) in [5.74, 6) is 1.43. The highest BCUT2D eigenvalue weighted by atomic mass is 32.1. The first kappa shape index (κ1) is 13.9. The largest absolute Gasteiger partial charge is 0.497 e. The van der Waals surface area contributed by atoms with Crippen molar-refractivity contribution >= 4 is 22.4 Å². The molecular formula is C15H16N2O3S. The summed E-state index contributed by atoms with van der Waals surface area (Å²) < 4.78 is 15.1. The van der Waals surface area contributed by atoms with Gasteiger partial charge < -0.3 is 14.8 Å². The number of methoxy groups -OCH3 is 2. The summed E-state index contributed by atoms with van der Waals surface area (Å²) in [5, 5.41) is 3.73. The first-order valence-electron chi connectivity index (χ1n) is 6.62. The summed E-state index contributed by atoms with van der Waals surface area (Å²) in [4.78, 5) is 11.9. The van der Waals surface area contributed by atoms with Gasteiger partial charge in [-0.15, -0.1) is 0 Å². The van der Waals surface area contributed by atoms with E-state index in [0.29, 0.717) is 6.42 Å². The summed E-state index contributed by atoms with van der Waals surface area (Å²) in [6.07, 6.45) is 0.398. The van der Waals surface area contributed by atoms with Gasteiger partial charge in [-0.25, -0.2) is 0 Å². The van der Waals surface area contributed by atoms with E-state index in [9.17, 15) is 4.79 Å². The molecule has 1 aromatic heterocycles. The predicted molar refractivity (Wildman–Crippen MR) is 81.5 cm³/mol. The van der Waals surface area contributed by atoms with Crippen LogP contribution in [0.1, 0.15) is 29.2 Å². The molecule has 110 valence electrons. The molecule has 0 spiro atoms. The molecule has 2 aromatic rings. The Bertz CT molecular complexity index is 696. The topological polar surface area (TPSA) is 60.5 Å². The average Bonchev–Trinajstić information content (AvgIpc) is 2.87. The van der Waals surface area contributed by atoms with Crippen LogP contribution in [0.5, 0.6) is 11.5 Å². The Kier molecular flexibility index (Phi) is 3.55. The van der Waals surface area contributed by atoms with E-state index in [0.717, 1.165) is 33.3 Å². The Balaban J connectivity index is 2.12. The molecule has 3 rings (SSSR count). The fourth-order valence-corrected chi connectivity index (χ4v) is 3.59. The molecule has 1 N–H and O–H groups in total. The highest BCUT2D eigenvalue weighted by Gasteiger charge is 2.32. The number of hydrogen-bond donors (Lipinski definition) is 1. The van der Waals surface area contributed by atoms with E-state index in [1.807, 2.05) is 25.1 Å². The van der Waals surface area contributed by atoms with Crippen LogP contribution >= 0.6 is 11.5 Å². The Morgan fingerprint density at radius 1 is 1.33 bits per heavy atom. The van der Waals surface area contributed by atoms with Crippen molar-refractivity contribution < 1.29 is 14.3 Å². The van der Waals surface area contributed by atoms with Crippen molar-refractivity contribution in [2.45, 2.75) is 19.3 Å². The first-order chi connectivity index (χ1) is 10.1. The van der Waals surface area contributed by atoms with E-state index in [2.05, 4.69) is 9.69 Å². The van der Waals surface area contributed by atoms with E-state index >= 15 is 0 Å². The van der Waals surface area contributed by atoms with Gasteiger partial charge in [0.25, 0.3) is 0 Å². The van der Waals surface area contributed by atoms with E-state index in [-0.39, 0.29) is 11.8 Å². The zero-order chi connectivity index (χ0) is 15.0. The minimum Gasteiger partial charge on any atom is -0.497 e. The number of carbonyl (C=O) groups excluding carboxylic acids is 1. The molecule has 0 fully saturated rings. The van der Waals surface area contributed by atoms with Crippen LogP contribution in [0.15, 0.2) is 18.2 Å². The summed E-state index contributed by atoms with van der Waals surface area (Å²) in [5.41, 5.74) is 3.03. The Morgan fingerprint density at radius 3 is 2.86 bits per heavy atom. The van der Waals surface area contributed by atoms with Gasteiger partial charge in [-0.1, -0.05) is 6.07 Å². The van der Waals surface area contributed by atoms with Crippen molar-refractivity contribution in [3.63, 3.8) is 0 Å². The number of aryl methyl sites for hydroxylation is 1. The Hall–Kier alpha value is -2.08. The first-order valence-corrected chi connectivity index (χ1v) is 7.39. The van der Waals surface area contributed by atoms with Crippen molar-refractivity contribution in [1.29, 1.82) is 0 Å². The van der Waals surface area contributed by atoms with Crippen LogP contribution in [0.3, 0.4) is 0 Å². The number of rotatable bonds is 3. The molecule has 21 heavy (non-hydrogen) atoms.